The molecule has 1 atom stereocenters. The Morgan fingerprint density at radius 1 is 1.32 bits per heavy atom. The Bertz CT molecular complexity index is 641. The average molecular weight is 311 g/mol. The molecule has 0 bridgehead atoms. The van der Waals surface area contributed by atoms with E-state index in [-0.39, 0.29) is 27.1 Å². The molecule has 0 spiro atoms. The summed E-state index contributed by atoms with van der Waals surface area (Å²) in [6.45, 7) is -0.152. The molecule has 0 aromatic carbocycles. The van der Waals surface area contributed by atoms with E-state index in [1.54, 1.807) is 0 Å². The number of ether oxygens (including phenoxy) is 1. The summed E-state index contributed by atoms with van der Waals surface area (Å²) in [5.41, 5.74) is -1.18. The van der Waals surface area contributed by atoms with Crippen LogP contribution in [0.25, 0.3) is 10.3 Å². The highest BCUT2D eigenvalue weighted by Crippen LogP contribution is 2.36. The zero-order chi connectivity index (χ0) is 14.2. The zero-order valence-electron chi connectivity index (χ0n) is 9.82. The van der Waals surface area contributed by atoms with E-state index in [9.17, 15) is 17.4 Å². The standard InChI is InChI=1S/C9H8F3N3O2S2/c1-17-3-4-13-6(9(10,11)12)5-7(14-4)15-8(18-5)19(2)16/h3H2,1-2H3. The van der Waals surface area contributed by atoms with E-state index >= 15 is 0 Å². The number of hydrogen-bond donors (Lipinski definition) is 0. The predicted molar refractivity (Wildman–Crippen MR) is 63.3 cm³/mol. The van der Waals surface area contributed by atoms with Crippen LogP contribution >= 0.6 is 11.3 Å². The summed E-state index contributed by atoms with van der Waals surface area (Å²) < 4.78 is 54.7. The van der Waals surface area contributed by atoms with Crippen LogP contribution in [0.4, 0.5) is 13.2 Å². The molecule has 2 rings (SSSR count). The van der Waals surface area contributed by atoms with Gasteiger partial charge in [0.2, 0.25) is 0 Å². The highest BCUT2D eigenvalue weighted by molar-refractivity contribution is 7.86. The molecule has 0 aliphatic rings. The quantitative estimate of drug-likeness (QED) is 0.867. The van der Waals surface area contributed by atoms with Gasteiger partial charge < -0.3 is 4.74 Å². The second-order valence-corrected chi connectivity index (χ2v) is 6.06. The molecule has 5 nitrogen and oxygen atoms in total. The third-order valence-electron chi connectivity index (χ3n) is 2.07. The molecule has 0 fully saturated rings. The number of halogens is 3. The van der Waals surface area contributed by atoms with Crippen LogP contribution in [0.1, 0.15) is 11.5 Å². The first-order valence-electron chi connectivity index (χ1n) is 4.90. The zero-order valence-corrected chi connectivity index (χ0v) is 11.4. The molecule has 0 saturated heterocycles. The number of fused-ring (bicyclic) bond motifs is 1. The molecule has 0 N–H and O–H groups in total. The van der Waals surface area contributed by atoms with Gasteiger partial charge in [0.1, 0.15) is 11.3 Å². The van der Waals surface area contributed by atoms with Crippen molar-refractivity contribution < 1.29 is 22.1 Å². The van der Waals surface area contributed by atoms with Crippen LogP contribution in [-0.2, 0) is 28.3 Å². The number of nitrogens with zero attached hydrogens (tertiary/aromatic N) is 3. The van der Waals surface area contributed by atoms with E-state index in [0.29, 0.717) is 11.3 Å². The molecule has 2 aromatic rings. The third-order valence-corrected chi connectivity index (χ3v) is 4.45. The number of alkyl halides is 3. The Hall–Kier alpha value is -1.13. The van der Waals surface area contributed by atoms with Gasteiger partial charge in [0, 0.05) is 13.4 Å². The Morgan fingerprint density at radius 2 is 2.00 bits per heavy atom. The van der Waals surface area contributed by atoms with Crippen molar-refractivity contribution in [2.45, 2.75) is 17.1 Å². The average Bonchev–Trinajstić information content (AvgIpc) is 2.70. The molecule has 0 aliphatic heterocycles. The lowest BCUT2D eigenvalue weighted by atomic mass is 10.3. The predicted octanol–water partition coefficient (Wildman–Crippen LogP) is 1.99. The van der Waals surface area contributed by atoms with Crippen molar-refractivity contribution in [2.75, 3.05) is 13.4 Å². The molecule has 10 heteroatoms. The van der Waals surface area contributed by atoms with Crippen molar-refractivity contribution in [3.63, 3.8) is 0 Å². The first kappa shape index (κ1) is 14.3. The molecule has 19 heavy (non-hydrogen) atoms. The van der Waals surface area contributed by atoms with Gasteiger partial charge in [-0.05, 0) is 0 Å². The fourth-order valence-electron chi connectivity index (χ4n) is 1.36. The van der Waals surface area contributed by atoms with Crippen LogP contribution in [-0.4, -0.2) is 32.5 Å². The monoisotopic (exact) mass is 311 g/mol. The normalized spacial score (nSPS) is 13.9. The molecular formula is C9H8F3N3O2S2. The molecule has 1 unspecified atom stereocenters. The summed E-state index contributed by atoms with van der Waals surface area (Å²) >= 11 is 0.689. The van der Waals surface area contributed by atoms with Crippen LogP contribution in [0, 0.1) is 0 Å². The largest absolute Gasteiger partial charge is 0.434 e. The van der Waals surface area contributed by atoms with Crippen LogP contribution in [0.3, 0.4) is 0 Å². The van der Waals surface area contributed by atoms with Crippen molar-refractivity contribution in [1.29, 1.82) is 0 Å². The molecule has 0 radical (unpaired) electrons. The van der Waals surface area contributed by atoms with Crippen LogP contribution < -0.4 is 0 Å². The maximum atomic E-state index is 12.9. The first-order chi connectivity index (χ1) is 8.82. The van der Waals surface area contributed by atoms with Gasteiger partial charge in [-0.25, -0.2) is 15.0 Å². The maximum absolute atomic E-state index is 12.9. The molecule has 0 amide bonds. The Kier molecular flexibility index (Phi) is 3.83. The fourth-order valence-corrected chi connectivity index (χ4v) is 3.04. The number of hydrogen-bond acceptors (Lipinski definition) is 6. The van der Waals surface area contributed by atoms with Crippen molar-refractivity contribution in [3.8, 4) is 0 Å². The van der Waals surface area contributed by atoms with Gasteiger partial charge in [-0.15, -0.1) is 11.3 Å². The van der Waals surface area contributed by atoms with Gasteiger partial charge in [-0.1, -0.05) is 0 Å². The van der Waals surface area contributed by atoms with Crippen LogP contribution in [0.2, 0.25) is 0 Å². The summed E-state index contributed by atoms with van der Waals surface area (Å²) in [6, 6.07) is 0. The molecule has 2 heterocycles. The van der Waals surface area contributed by atoms with Gasteiger partial charge in [-0.3, -0.25) is 4.21 Å². The summed E-state index contributed by atoms with van der Waals surface area (Å²) in [6.07, 6.45) is -3.28. The highest BCUT2D eigenvalue weighted by Gasteiger charge is 2.37. The summed E-state index contributed by atoms with van der Waals surface area (Å²) in [5.74, 6) is -0.110. The number of rotatable bonds is 3. The topological polar surface area (TPSA) is 65.0 Å². The minimum Gasteiger partial charge on any atom is -0.377 e. The minimum atomic E-state index is -4.62. The second-order valence-electron chi connectivity index (χ2n) is 3.51. The fraction of sp³-hybridized carbons (Fsp3) is 0.444. The SMILES string of the molecule is COCc1nc(C(F)(F)F)c2sc(S(C)=O)nc2n1. The first-order valence-corrected chi connectivity index (χ1v) is 7.27. The van der Waals surface area contributed by atoms with Crippen LogP contribution in [0.5, 0.6) is 0 Å². The molecule has 2 aromatic heterocycles. The Labute approximate surface area is 112 Å². The van der Waals surface area contributed by atoms with E-state index < -0.39 is 22.7 Å². The Morgan fingerprint density at radius 3 is 2.53 bits per heavy atom. The van der Waals surface area contributed by atoms with Crippen molar-refractivity contribution in [1.82, 2.24) is 15.0 Å². The molecule has 0 saturated carbocycles. The van der Waals surface area contributed by atoms with E-state index in [2.05, 4.69) is 15.0 Å². The van der Waals surface area contributed by atoms with Crippen LogP contribution in [0.15, 0.2) is 4.34 Å². The maximum Gasteiger partial charge on any atom is 0.434 e. The molecule has 104 valence electrons. The van der Waals surface area contributed by atoms with Gasteiger partial charge in [0.25, 0.3) is 0 Å². The van der Waals surface area contributed by atoms with E-state index in [1.165, 1.54) is 13.4 Å². The van der Waals surface area contributed by atoms with Gasteiger partial charge in [-0.2, -0.15) is 13.2 Å². The Balaban J connectivity index is 2.71. The van der Waals surface area contributed by atoms with E-state index in [1.807, 2.05) is 0 Å². The summed E-state index contributed by atoms with van der Waals surface area (Å²) in [5, 5.41) is 0. The number of methoxy groups -OCH3 is 1. The minimum absolute atomic E-state index is 0.0874. The second kappa shape index (κ2) is 5.10. The number of aromatic nitrogens is 3. The smallest absolute Gasteiger partial charge is 0.377 e. The number of thiazole rings is 1. The van der Waals surface area contributed by atoms with Gasteiger partial charge in [0.05, 0.1) is 10.8 Å². The van der Waals surface area contributed by atoms with Gasteiger partial charge >= 0.3 is 6.18 Å². The van der Waals surface area contributed by atoms with E-state index in [4.69, 9.17) is 4.74 Å². The molecule has 0 aliphatic carbocycles. The summed E-state index contributed by atoms with van der Waals surface area (Å²) in [4.78, 5) is 11.2. The van der Waals surface area contributed by atoms with Gasteiger partial charge in [0.15, 0.2) is 21.5 Å². The third kappa shape index (κ3) is 2.90. The lowest BCUT2D eigenvalue weighted by Gasteiger charge is -2.07. The van der Waals surface area contributed by atoms with E-state index in [0.717, 1.165) is 0 Å². The lowest BCUT2D eigenvalue weighted by molar-refractivity contribution is -0.139. The molecular weight excluding hydrogens is 303 g/mol. The highest BCUT2D eigenvalue weighted by atomic mass is 32.2. The van der Waals surface area contributed by atoms with Crippen molar-refractivity contribution >= 4 is 32.5 Å². The summed E-state index contributed by atoms with van der Waals surface area (Å²) in [7, 11) is -0.138. The van der Waals surface area contributed by atoms with Crippen molar-refractivity contribution in [3.05, 3.63) is 11.5 Å². The van der Waals surface area contributed by atoms with Crippen molar-refractivity contribution in [2.24, 2.45) is 0 Å². The lowest BCUT2D eigenvalue weighted by Crippen LogP contribution is -2.11.